The summed E-state index contributed by atoms with van der Waals surface area (Å²) >= 11 is 6.98. The van der Waals surface area contributed by atoms with E-state index < -0.39 is 0 Å². The van der Waals surface area contributed by atoms with Gasteiger partial charge in [0.05, 0.1) is 14.8 Å². The third kappa shape index (κ3) is 2.56. The number of aromatic amines is 1. The van der Waals surface area contributed by atoms with Crippen LogP contribution in [0.2, 0.25) is 0 Å². The zero-order valence-electron chi connectivity index (χ0n) is 8.81. The lowest BCUT2D eigenvalue weighted by molar-refractivity contribution is 1.08. The number of fused-ring (bicyclic) bond motifs is 1. The monoisotopic (exact) mass is 324 g/mol. The van der Waals surface area contributed by atoms with Gasteiger partial charge in [0.1, 0.15) is 0 Å². The highest BCUT2D eigenvalue weighted by Crippen LogP contribution is 2.28. The molecule has 5 heteroatoms. The van der Waals surface area contributed by atoms with Gasteiger partial charge in [-0.1, -0.05) is 23.9 Å². The molecule has 3 rings (SSSR count). The van der Waals surface area contributed by atoms with Crippen molar-refractivity contribution >= 4 is 50.1 Å². The number of para-hydroxylation sites is 2. The first kappa shape index (κ1) is 11.3. The predicted octanol–water partition coefficient (Wildman–Crippen LogP) is 4.68. The number of H-pyrrole nitrogens is 1. The van der Waals surface area contributed by atoms with Gasteiger partial charge in [-0.2, -0.15) is 0 Å². The Morgan fingerprint density at radius 3 is 2.88 bits per heavy atom. The van der Waals surface area contributed by atoms with E-state index in [2.05, 4.69) is 38.0 Å². The molecule has 0 aliphatic heterocycles. The third-order valence-electron chi connectivity index (χ3n) is 2.35. The molecule has 1 N–H and O–H groups in total. The van der Waals surface area contributed by atoms with Gasteiger partial charge in [-0.15, -0.1) is 11.3 Å². The Morgan fingerprint density at radius 2 is 2.12 bits per heavy atom. The molecule has 0 atom stereocenters. The van der Waals surface area contributed by atoms with Crippen molar-refractivity contribution < 1.29 is 0 Å². The summed E-state index contributed by atoms with van der Waals surface area (Å²) in [6.07, 6.45) is 0. The standard InChI is InChI=1S/C12H9BrN2S2/c13-11-6-5-8(17-11)7-16-12-14-9-3-1-2-4-10(9)15-12/h1-6H,7H2,(H,14,15). The lowest BCUT2D eigenvalue weighted by Gasteiger charge is -1.93. The fourth-order valence-corrected chi connectivity index (χ4v) is 3.98. The van der Waals surface area contributed by atoms with Gasteiger partial charge in [0, 0.05) is 10.6 Å². The number of imidazole rings is 1. The van der Waals surface area contributed by atoms with Crippen LogP contribution in [0.5, 0.6) is 0 Å². The molecule has 0 fully saturated rings. The van der Waals surface area contributed by atoms with Gasteiger partial charge in [0.2, 0.25) is 0 Å². The van der Waals surface area contributed by atoms with E-state index >= 15 is 0 Å². The van der Waals surface area contributed by atoms with E-state index in [9.17, 15) is 0 Å². The molecule has 17 heavy (non-hydrogen) atoms. The topological polar surface area (TPSA) is 28.7 Å². The van der Waals surface area contributed by atoms with Crippen LogP contribution >= 0.6 is 39.0 Å². The summed E-state index contributed by atoms with van der Waals surface area (Å²) in [4.78, 5) is 9.20. The minimum Gasteiger partial charge on any atom is -0.333 e. The second-order valence-corrected chi connectivity index (χ2v) is 7.07. The molecule has 0 unspecified atom stereocenters. The van der Waals surface area contributed by atoms with Gasteiger partial charge < -0.3 is 4.98 Å². The minimum absolute atomic E-state index is 0.954. The average Bonchev–Trinajstić information content (AvgIpc) is 2.91. The van der Waals surface area contributed by atoms with Crippen LogP contribution < -0.4 is 0 Å². The molecule has 0 saturated heterocycles. The summed E-state index contributed by atoms with van der Waals surface area (Å²) in [6, 6.07) is 12.3. The van der Waals surface area contributed by atoms with Crippen LogP contribution in [-0.4, -0.2) is 9.97 Å². The normalized spacial score (nSPS) is 11.1. The van der Waals surface area contributed by atoms with Gasteiger partial charge in [-0.05, 0) is 40.2 Å². The van der Waals surface area contributed by atoms with E-state index in [1.54, 1.807) is 23.1 Å². The van der Waals surface area contributed by atoms with Crippen molar-refractivity contribution in [2.24, 2.45) is 0 Å². The molecule has 0 bridgehead atoms. The van der Waals surface area contributed by atoms with E-state index in [0.717, 1.165) is 21.9 Å². The summed E-state index contributed by atoms with van der Waals surface area (Å²) in [5.74, 6) is 0.954. The van der Waals surface area contributed by atoms with E-state index in [0.29, 0.717) is 0 Å². The third-order valence-corrected chi connectivity index (χ3v) is 5.08. The molecule has 0 aliphatic rings. The number of aromatic nitrogens is 2. The lowest BCUT2D eigenvalue weighted by Crippen LogP contribution is -1.76. The van der Waals surface area contributed by atoms with Crippen LogP contribution in [-0.2, 0) is 5.75 Å². The second kappa shape index (κ2) is 4.84. The van der Waals surface area contributed by atoms with Crippen molar-refractivity contribution in [1.29, 1.82) is 0 Å². The van der Waals surface area contributed by atoms with Crippen LogP contribution in [0.15, 0.2) is 45.3 Å². The molecule has 1 aromatic carbocycles. The Kier molecular flexibility index (Phi) is 3.22. The Labute approximate surface area is 116 Å². The van der Waals surface area contributed by atoms with Crippen LogP contribution in [0.1, 0.15) is 4.88 Å². The molecule has 2 heterocycles. The van der Waals surface area contributed by atoms with Crippen LogP contribution in [0, 0.1) is 0 Å². The van der Waals surface area contributed by atoms with Gasteiger partial charge in [-0.25, -0.2) is 4.98 Å². The minimum atomic E-state index is 0.954. The molecule has 0 radical (unpaired) electrons. The van der Waals surface area contributed by atoms with Crippen LogP contribution in [0.4, 0.5) is 0 Å². The molecule has 2 aromatic heterocycles. The van der Waals surface area contributed by atoms with Gasteiger partial charge in [0.25, 0.3) is 0 Å². The highest BCUT2D eigenvalue weighted by molar-refractivity contribution is 9.11. The molecular formula is C12H9BrN2S2. The number of benzene rings is 1. The fourth-order valence-electron chi connectivity index (χ4n) is 1.57. The Morgan fingerprint density at radius 1 is 1.24 bits per heavy atom. The summed E-state index contributed by atoms with van der Waals surface area (Å²) in [7, 11) is 0. The molecule has 0 amide bonds. The van der Waals surface area contributed by atoms with Crippen molar-refractivity contribution in [3.63, 3.8) is 0 Å². The van der Waals surface area contributed by atoms with Gasteiger partial charge in [-0.3, -0.25) is 0 Å². The summed E-state index contributed by atoms with van der Waals surface area (Å²) < 4.78 is 1.18. The molecule has 86 valence electrons. The number of nitrogens with one attached hydrogen (secondary N) is 1. The second-order valence-electron chi connectivity index (χ2n) is 3.55. The van der Waals surface area contributed by atoms with Crippen molar-refractivity contribution in [1.82, 2.24) is 9.97 Å². The van der Waals surface area contributed by atoms with Gasteiger partial charge in [0.15, 0.2) is 5.16 Å². The maximum Gasteiger partial charge on any atom is 0.166 e. The average molecular weight is 325 g/mol. The molecule has 3 aromatic rings. The molecule has 0 aliphatic carbocycles. The smallest absolute Gasteiger partial charge is 0.166 e. The first-order valence-electron chi connectivity index (χ1n) is 5.13. The predicted molar refractivity (Wildman–Crippen MR) is 77.7 cm³/mol. The first-order chi connectivity index (χ1) is 8.31. The number of thiophene rings is 1. The number of halogens is 1. The molecule has 0 saturated carbocycles. The number of rotatable bonds is 3. The quantitative estimate of drug-likeness (QED) is 0.708. The highest BCUT2D eigenvalue weighted by atomic mass is 79.9. The lowest BCUT2D eigenvalue weighted by atomic mass is 10.3. The van der Waals surface area contributed by atoms with Gasteiger partial charge >= 0.3 is 0 Å². The van der Waals surface area contributed by atoms with E-state index in [-0.39, 0.29) is 0 Å². The molecule has 2 nitrogen and oxygen atoms in total. The van der Waals surface area contributed by atoms with E-state index in [1.165, 1.54) is 8.66 Å². The van der Waals surface area contributed by atoms with Crippen LogP contribution in [0.3, 0.4) is 0 Å². The number of thioether (sulfide) groups is 1. The Balaban J connectivity index is 1.76. The zero-order chi connectivity index (χ0) is 11.7. The zero-order valence-corrected chi connectivity index (χ0v) is 12.0. The van der Waals surface area contributed by atoms with Crippen molar-refractivity contribution in [2.45, 2.75) is 10.9 Å². The number of nitrogens with zero attached hydrogens (tertiary/aromatic N) is 1. The fraction of sp³-hybridized carbons (Fsp3) is 0.0833. The molecular weight excluding hydrogens is 316 g/mol. The largest absolute Gasteiger partial charge is 0.333 e. The summed E-state index contributed by atoms with van der Waals surface area (Å²) in [5, 5.41) is 0.982. The summed E-state index contributed by atoms with van der Waals surface area (Å²) in [6.45, 7) is 0. The number of hydrogen-bond donors (Lipinski definition) is 1. The Hall–Kier alpha value is -0.780. The maximum absolute atomic E-state index is 4.53. The van der Waals surface area contributed by atoms with Crippen molar-refractivity contribution in [2.75, 3.05) is 0 Å². The van der Waals surface area contributed by atoms with E-state index in [4.69, 9.17) is 0 Å². The molecule has 0 spiro atoms. The SMILES string of the molecule is Brc1ccc(CSc2nc3ccccc3[nH]2)s1. The maximum atomic E-state index is 4.53. The number of hydrogen-bond acceptors (Lipinski definition) is 3. The van der Waals surface area contributed by atoms with E-state index in [1.807, 2.05) is 24.3 Å². The highest BCUT2D eigenvalue weighted by Gasteiger charge is 2.04. The van der Waals surface area contributed by atoms with Crippen molar-refractivity contribution in [3.8, 4) is 0 Å². The Bertz CT molecular complexity index is 612. The van der Waals surface area contributed by atoms with Crippen LogP contribution in [0.25, 0.3) is 11.0 Å². The van der Waals surface area contributed by atoms with Crippen molar-refractivity contribution in [3.05, 3.63) is 45.1 Å². The summed E-state index contributed by atoms with van der Waals surface area (Å²) in [5.41, 5.74) is 2.13. The first-order valence-corrected chi connectivity index (χ1v) is 7.72.